The van der Waals surface area contributed by atoms with Gasteiger partial charge >= 0.3 is 0 Å². The Morgan fingerprint density at radius 1 is 1.57 bits per heavy atom. The smallest absolute Gasteiger partial charge is 0.262 e. The van der Waals surface area contributed by atoms with Crippen molar-refractivity contribution in [2.75, 3.05) is 6.61 Å². The highest BCUT2D eigenvalue weighted by molar-refractivity contribution is 9.10. The summed E-state index contributed by atoms with van der Waals surface area (Å²) in [4.78, 5) is 11.9. The van der Waals surface area contributed by atoms with E-state index in [0.717, 1.165) is 0 Å². The van der Waals surface area contributed by atoms with Crippen molar-refractivity contribution < 1.29 is 9.53 Å². The maximum absolute atomic E-state index is 11.9. The third kappa shape index (κ3) is 5.07. The second-order valence-electron chi connectivity index (χ2n) is 4.54. The third-order valence-electron chi connectivity index (χ3n) is 2.41. The molecule has 0 radical (unpaired) electrons. The Morgan fingerprint density at radius 3 is 2.71 bits per heavy atom. The molecular formula is C15H16BrClN2O2. The fourth-order valence-corrected chi connectivity index (χ4v) is 2.59. The number of nitriles is 1. The van der Waals surface area contributed by atoms with Gasteiger partial charge in [0.2, 0.25) is 0 Å². The van der Waals surface area contributed by atoms with Crippen molar-refractivity contribution in [1.82, 2.24) is 5.32 Å². The highest BCUT2D eigenvalue weighted by atomic mass is 79.9. The summed E-state index contributed by atoms with van der Waals surface area (Å²) in [5.74, 6) is 0.134. The monoisotopic (exact) mass is 370 g/mol. The molecule has 0 fully saturated rings. The van der Waals surface area contributed by atoms with Gasteiger partial charge in [0.15, 0.2) is 5.75 Å². The quantitative estimate of drug-likeness (QED) is 0.630. The number of nitrogens with zero attached hydrogens (tertiary/aromatic N) is 1. The summed E-state index contributed by atoms with van der Waals surface area (Å²) in [6.45, 7) is 6.02. The Bertz CT molecular complexity index is 583. The van der Waals surface area contributed by atoms with Gasteiger partial charge in [-0.3, -0.25) is 4.79 Å². The van der Waals surface area contributed by atoms with E-state index in [0.29, 0.717) is 27.4 Å². The molecule has 0 aliphatic rings. The van der Waals surface area contributed by atoms with Crippen LogP contribution in [0.2, 0.25) is 5.02 Å². The van der Waals surface area contributed by atoms with Crippen LogP contribution < -0.4 is 10.1 Å². The van der Waals surface area contributed by atoms with Gasteiger partial charge < -0.3 is 10.1 Å². The average molecular weight is 372 g/mol. The summed E-state index contributed by atoms with van der Waals surface area (Å²) in [5.41, 5.74) is 0.668. The van der Waals surface area contributed by atoms with Crippen molar-refractivity contribution in [3.8, 4) is 11.8 Å². The number of hydrogen-bond acceptors (Lipinski definition) is 3. The summed E-state index contributed by atoms with van der Waals surface area (Å²) in [6, 6.07) is 5.25. The molecule has 0 aliphatic heterocycles. The highest BCUT2D eigenvalue weighted by Crippen LogP contribution is 2.35. The molecule has 0 unspecified atom stereocenters. The predicted octanol–water partition coefficient (Wildman–Crippen LogP) is 3.93. The van der Waals surface area contributed by atoms with Crippen molar-refractivity contribution in [3.63, 3.8) is 0 Å². The molecule has 1 amide bonds. The molecule has 6 heteroatoms. The number of carbonyl (C=O) groups is 1. The Morgan fingerprint density at radius 2 is 2.24 bits per heavy atom. The topological polar surface area (TPSA) is 62.1 Å². The first-order valence-corrected chi connectivity index (χ1v) is 7.60. The lowest BCUT2D eigenvalue weighted by Crippen LogP contribution is -2.30. The minimum atomic E-state index is -0.409. The Labute approximate surface area is 137 Å². The van der Waals surface area contributed by atoms with Gasteiger partial charge in [-0.25, -0.2) is 0 Å². The maximum atomic E-state index is 11.9. The minimum absolute atomic E-state index is 0.0239. The minimum Gasteiger partial charge on any atom is -0.491 e. The Hall–Kier alpha value is -1.51. The maximum Gasteiger partial charge on any atom is 0.262 e. The van der Waals surface area contributed by atoms with Crippen molar-refractivity contribution in [3.05, 3.63) is 32.8 Å². The SMILES string of the molecule is CCOc1c(Cl)cc(/C=C(/C#N)C(=O)NC(C)C)cc1Br. The van der Waals surface area contributed by atoms with Crippen LogP contribution in [0.5, 0.6) is 5.75 Å². The van der Waals surface area contributed by atoms with E-state index in [1.807, 2.05) is 26.8 Å². The largest absolute Gasteiger partial charge is 0.491 e. The van der Waals surface area contributed by atoms with Crippen LogP contribution in [0.15, 0.2) is 22.2 Å². The Balaban J connectivity index is 3.13. The van der Waals surface area contributed by atoms with Gasteiger partial charge in [-0.15, -0.1) is 0 Å². The van der Waals surface area contributed by atoms with Gasteiger partial charge in [0.05, 0.1) is 16.1 Å². The number of amides is 1. The summed E-state index contributed by atoms with van der Waals surface area (Å²) in [5, 5.41) is 12.2. The number of ether oxygens (including phenoxy) is 1. The van der Waals surface area contributed by atoms with Gasteiger partial charge in [-0.05, 0) is 60.5 Å². The van der Waals surface area contributed by atoms with E-state index in [4.69, 9.17) is 21.6 Å². The number of hydrogen-bond donors (Lipinski definition) is 1. The van der Waals surface area contributed by atoms with Crippen LogP contribution in [-0.4, -0.2) is 18.6 Å². The molecule has 0 heterocycles. The lowest BCUT2D eigenvalue weighted by molar-refractivity contribution is -0.117. The molecule has 0 saturated heterocycles. The number of rotatable bonds is 5. The molecular weight excluding hydrogens is 356 g/mol. The molecule has 4 nitrogen and oxygen atoms in total. The van der Waals surface area contributed by atoms with Crippen molar-refractivity contribution in [1.29, 1.82) is 5.26 Å². The van der Waals surface area contributed by atoms with Crippen LogP contribution in [0.3, 0.4) is 0 Å². The van der Waals surface area contributed by atoms with Crippen LogP contribution in [0.25, 0.3) is 6.08 Å². The van der Waals surface area contributed by atoms with Crippen LogP contribution >= 0.6 is 27.5 Å². The second kappa shape index (κ2) is 8.06. The normalized spacial score (nSPS) is 11.2. The van der Waals surface area contributed by atoms with Gasteiger partial charge in [0, 0.05) is 6.04 Å². The van der Waals surface area contributed by atoms with Crippen molar-refractivity contribution in [2.24, 2.45) is 0 Å². The van der Waals surface area contributed by atoms with Crippen LogP contribution in [0.1, 0.15) is 26.3 Å². The molecule has 112 valence electrons. The molecule has 0 spiro atoms. The van der Waals surface area contributed by atoms with Gasteiger partial charge in [-0.1, -0.05) is 11.6 Å². The molecule has 0 aliphatic carbocycles. The number of benzene rings is 1. The third-order valence-corrected chi connectivity index (χ3v) is 3.27. The molecule has 1 rings (SSSR count). The van der Waals surface area contributed by atoms with E-state index in [-0.39, 0.29) is 11.6 Å². The van der Waals surface area contributed by atoms with E-state index in [1.54, 1.807) is 12.1 Å². The molecule has 0 atom stereocenters. The summed E-state index contributed by atoms with van der Waals surface area (Å²) >= 11 is 9.50. The summed E-state index contributed by atoms with van der Waals surface area (Å²) in [7, 11) is 0. The average Bonchev–Trinajstić information content (AvgIpc) is 2.39. The second-order valence-corrected chi connectivity index (χ2v) is 5.81. The van der Waals surface area contributed by atoms with E-state index < -0.39 is 5.91 Å². The lowest BCUT2D eigenvalue weighted by Gasteiger charge is -2.10. The first-order chi connectivity index (χ1) is 9.88. The van der Waals surface area contributed by atoms with Crippen LogP contribution in [0.4, 0.5) is 0 Å². The number of nitrogens with one attached hydrogen (secondary N) is 1. The highest BCUT2D eigenvalue weighted by Gasteiger charge is 2.12. The molecule has 0 saturated carbocycles. The summed E-state index contributed by atoms with van der Waals surface area (Å²) in [6.07, 6.45) is 1.49. The lowest BCUT2D eigenvalue weighted by atomic mass is 10.1. The number of halogens is 2. The van der Waals surface area contributed by atoms with Crippen molar-refractivity contribution in [2.45, 2.75) is 26.8 Å². The number of carbonyl (C=O) groups excluding carboxylic acids is 1. The Kier molecular flexibility index (Phi) is 6.73. The van der Waals surface area contributed by atoms with E-state index in [9.17, 15) is 4.79 Å². The zero-order valence-corrected chi connectivity index (χ0v) is 14.4. The molecule has 0 aromatic heterocycles. The molecule has 1 N–H and O–H groups in total. The van der Waals surface area contributed by atoms with Gasteiger partial charge in [-0.2, -0.15) is 5.26 Å². The van der Waals surface area contributed by atoms with E-state index in [1.165, 1.54) is 6.08 Å². The molecule has 0 bridgehead atoms. The van der Waals surface area contributed by atoms with E-state index in [2.05, 4.69) is 21.2 Å². The fourth-order valence-electron chi connectivity index (χ4n) is 1.60. The predicted molar refractivity (Wildman–Crippen MR) is 87.2 cm³/mol. The van der Waals surface area contributed by atoms with Crippen LogP contribution in [-0.2, 0) is 4.79 Å². The van der Waals surface area contributed by atoms with Crippen LogP contribution in [0, 0.1) is 11.3 Å². The van der Waals surface area contributed by atoms with Crippen molar-refractivity contribution >= 4 is 39.5 Å². The standard InChI is InChI=1S/C15H16BrClN2O2/c1-4-21-14-12(16)6-10(7-13(14)17)5-11(8-18)15(20)19-9(2)3/h5-7,9H,4H2,1-3H3,(H,19,20)/b11-5-. The molecule has 1 aromatic rings. The van der Waals surface area contributed by atoms with Gasteiger partial charge in [0.25, 0.3) is 5.91 Å². The zero-order valence-electron chi connectivity index (χ0n) is 12.0. The zero-order chi connectivity index (χ0) is 16.0. The fraction of sp³-hybridized carbons (Fsp3) is 0.333. The summed E-state index contributed by atoms with van der Waals surface area (Å²) < 4.78 is 6.08. The first-order valence-electron chi connectivity index (χ1n) is 6.43. The first kappa shape index (κ1) is 17.5. The van der Waals surface area contributed by atoms with Gasteiger partial charge in [0.1, 0.15) is 11.6 Å². The van der Waals surface area contributed by atoms with E-state index >= 15 is 0 Å². The molecule has 21 heavy (non-hydrogen) atoms. The molecule has 1 aromatic carbocycles.